The van der Waals surface area contributed by atoms with Crippen LogP contribution in [0.1, 0.15) is 44.5 Å². The average Bonchev–Trinajstić information content (AvgIpc) is 3.21. The molecule has 0 saturated heterocycles. The Kier molecular flexibility index (Phi) is 7.76. The summed E-state index contributed by atoms with van der Waals surface area (Å²) in [5, 5.41) is 9.94. The third-order valence-corrected chi connectivity index (χ3v) is 5.44. The summed E-state index contributed by atoms with van der Waals surface area (Å²) in [6, 6.07) is 13.1. The molecule has 3 rings (SSSR count). The SMILES string of the molecule is CCN(CC(=O)Nc1cc(C(C)(C)C)nn1-c1cccc(C)c1)C(=O)Nc1cccc(C(F)(F)F)c1. The zero-order chi connectivity index (χ0) is 26.7. The van der Waals surface area contributed by atoms with E-state index >= 15 is 0 Å². The Morgan fingerprint density at radius 2 is 1.69 bits per heavy atom. The molecule has 0 aliphatic rings. The number of hydrogen-bond donors (Lipinski definition) is 2. The van der Waals surface area contributed by atoms with Crippen LogP contribution < -0.4 is 10.6 Å². The van der Waals surface area contributed by atoms with Crippen LogP contribution in [0.4, 0.5) is 29.5 Å². The quantitative estimate of drug-likeness (QED) is 0.436. The zero-order valence-electron chi connectivity index (χ0n) is 20.9. The predicted molar refractivity (Wildman–Crippen MR) is 133 cm³/mol. The minimum atomic E-state index is -4.53. The topological polar surface area (TPSA) is 79.3 Å². The first-order chi connectivity index (χ1) is 16.8. The molecule has 1 heterocycles. The Morgan fingerprint density at radius 1 is 1.00 bits per heavy atom. The number of anilines is 2. The number of hydrogen-bond acceptors (Lipinski definition) is 3. The molecule has 10 heteroatoms. The number of rotatable bonds is 6. The highest BCUT2D eigenvalue weighted by molar-refractivity contribution is 5.96. The van der Waals surface area contributed by atoms with Crippen molar-refractivity contribution in [1.29, 1.82) is 0 Å². The van der Waals surface area contributed by atoms with E-state index in [4.69, 9.17) is 0 Å². The van der Waals surface area contributed by atoms with Gasteiger partial charge in [0, 0.05) is 23.7 Å². The number of aryl methyl sites for hydroxylation is 1. The predicted octanol–water partition coefficient (Wildman–Crippen LogP) is 5.99. The lowest BCUT2D eigenvalue weighted by molar-refractivity contribution is -0.137. The van der Waals surface area contributed by atoms with E-state index in [2.05, 4.69) is 15.7 Å². The summed E-state index contributed by atoms with van der Waals surface area (Å²) in [4.78, 5) is 26.8. The van der Waals surface area contributed by atoms with Gasteiger partial charge in [0.1, 0.15) is 12.4 Å². The fourth-order valence-corrected chi connectivity index (χ4v) is 3.45. The first kappa shape index (κ1) is 26.8. The van der Waals surface area contributed by atoms with E-state index in [0.717, 1.165) is 29.1 Å². The number of carbonyl (C=O) groups is 2. The second-order valence-electron chi connectivity index (χ2n) is 9.49. The van der Waals surface area contributed by atoms with Gasteiger partial charge in [0.25, 0.3) is 0 Å². The number of aromatic nitrogens is 2. The van der Waals surface area contributed by atoms with Gasteiger partial charge in [-0.3, -0.25) is 4.79 Å². The van der Waals surface area contributed by atoms with Gasteiger partial charge in [-0.15, -0.1) is 0 Å². The standard InChI is InChI=1S/C26H30F3N5O2/c1-6-33(24(36)30-19-11-8-10-18(14-19)26(27,28)29)16-23(35)31-22-15-21(25(3,4)5)32-34(22)20-12-7-9-17(2)13-20/h7-15H,6,16H2,1-5H3,(H,30,36)(H,31,35). The number of amides is 3. The molecule has 1 aromatic heterocycles. The highest BCUT2D eigenvalue weighted by atomic mass is 19.4. The van der Waals surface area contributed by atoms with Gasteiger partial charge in [-0.1, -0.05) is 39.0 Å². The van der Waals surface area contributed by atoms with E-state index in [1.807, 2.05) is 52.0 Å². The van der Waals surface area contributed by atoms with E-state index in [1.54, 1.807) is 17.7 Å². The molecule has 0 atom stereocenters. The van der Waals surface area contributed by atoms with Crippen LogP contribution in [0.3, 0.4) is 0 Å². The van der Waals surface area contributed by atoms with Crippen LogP contribution >= 0.6 is 0 Å². The Balaban J connectivity index is 1.77. The molecule has 0 aliphatic carbocycles. The molecule has 0 bridgehead atoms. The van der Waals surface area contributed by atoms with Crippen molar-refractivity contribution in [2.75, 3.05) is 23.7 Å². The van der Waals surface area contributed by atoms with Crippen LogP contribution in [0.25, 0.3) is 5.69 Å². The lowest BCUT2D eigenvalue weighted by Gasteiger charge is -2.21. The van der Waals surface area contributed by atoms with Gasteiger partial charge in [0.05, 0.1) is 16.9 Å². The smallest absolute Gasteiger partial charge is 0.315 e. The van der Waals surface area contributed by atoms with Crippen molar-refractivity contribution in [1.82, 2.24) is 14.7 Å². The maximum Gasteiger partial charge on any atom is 0.416 e. The van der Waals surface area contributed by atoms with E-state index in [0.29, 0.717) is 5.82 Å². The third kappa shape index (κ3) is 6.65. The normalized spacial score (nSPS) is 11.8. The number of nitrogens with one attached hydrogen (secondary N) is 2. The fourth-order valence-electron chi connectivity index (χ4n) is 3.45. The number of carbonyl (C=O) groups excluding carboxylic acids is 2. The zero-order valence-corrected chi connectivity index (χ0v) is 20.9. The number of urea groups is 1. The molecule has 0 spiro atoms. The summed E-state index contributed by atoms with van der Waals surface area (Å²) in [5.41, 5.74) is 1.42. The summed E-state index contributed by atoms with van der Waals surface area (Å²) >= 11 is 0. The number of nitrogens with zero attached hydrogens (tertiary/aromatic N) is 3. The van der Waals surface area contributed by atoms with E-state index in [-0.39, 0.29) is 24.2 Å². The molecule has 2 aromatic carbocycles. The van der Waals surface area contributed by atoms with Crippen molar-refractivity contribution in [3.8, 4) is 5.69 Å². The van der Waals surface area contributed by atoms with Crippen molar-refractivity contribution in [2.24, 2.45) is 0 Å². The van der Waals surface area contributed by atoms with Crippen molar-refractivity contribution >= 4 is 23.4 Å². The maximum atomic E-state index is 13.0. The second-order valence-corrected chi connectivity index (χ2v) is 9.49. The molecule has 192 valence electrons. The lowest BCUT2D eigenvalue weighted by atomic mass is 9.92. The van der Waals surface area contributed by atoms with E-state index in [9.17, 15) is 22.8 Å². The van der Waals surface area contributed by atoms with Crippen LogP contribution in [-0.2, 0) is 16.4 Å². The van der Waals surface area contributed by atoms with Gasteiger partial charge in [0.2, 0.25) is 5.91 Å². The van der Waals surface area contributed by atoms with Gasteiger partial charge in [0.15, 0.2) is 0 Å². The first-order valence-electron chi connectivity index (χ1n) is 11.5. The number of benzene rings is 2. The second kappa shape index (κ2) is 10.4. The molecule has 0 fully saturated rings. The van der Waals surface area contributed by atoms with Crippen molar-refractivity contribution in [2.45, 2.75) is 46.2 Å². The third-order valence-electron chi connectivity index (χ3n) is 5.44. The van der Waals surface area contributed by atoms with Crippen LogP contribution in [-0.4, -0.2) is 39.7 Å². The van der Waals surface area contributed by atoms with E-state index in [1.165, 1.54) is 17.0 Å². The van der Waals surface area contributed by atoms with Crippen LogP contribution in [0.2, 0.25) is 0 Å². The van der Waals surface area contributed by atoms with Gasteiger partial charge in [-0.25, -0.2) is 9.48 Å². The monoisotopic (exact) mass is 501 g/mol. The largest absolute Gasteiger partial charge is 0.416 e. The highest BCUT2D eigenvalue weighted by Crippen LogP contribution is 2.31. The summed E-state index contributed by atoms with van der Waals surface area (Å²) in [6.45, 7) is 9.54. The number of halogens is 3. The molecule has 0 saturated carbocycles. The Labute approximate surface area is 208 Å². The summed E-state index contributed by atoms with van der Waals surface area (Å²) in [5.74, 6) is -0.0184. The molecule has 0 radical (unpaired) electrons. The highest BCUT2D eigenvalue weighted by Gasteiger charge is 2.30. The van der Waals surface area contributed by atoms with Gasteiger partial charge in [-0.2, -0.15) is 18.3 Å². The Morgan fingerprint density at radius 3 is 2.31 bits per heavy atom. The number of alkyl halides is 3. The van der Waals surface area contributed by atoms with Crippen LogP contribution in [0, 0.1) is 6.92 Å². The van der Waals surface area contributed by atoms with Gasteiger partial charge in [-0.05, 0) is 49.7 Å². The molecule has 7 nitrogen and oxygen atoms in total. The van der Waals surface area contributed by atoms with Gasteiger partial charge < -0.3 is 15.5 Å². The minimum Gasteiger partial charge on any atom is -0.315 e. The van der Waals surface area contributed by atoms with Crippen molar-refractivity contribution < 1.29 is 22.8 Å². The molecule has 3 aromatic rings. The van der Waals surface area contributed by atoms with Gasteiger partial charge >= 0.3 is 12.2 Å². The van der Waals surface area contributed by atoms with Crippen LogP contribution in [0.15, 0.2) is 54.6 Å². The molecular formula is C26H30F3N5O2. The number of likely N-dealkylation sites (N-methyl/N-ethyl adjacent to an activating group) is 1. The molecule has 3 amide bonds. The summed E-state index contributed by atoms with van der Waals surface area (Å²) in [7, 11) is 0. The summed E-state index contributed by atoms with van der Waals surface area (Å²) in [6.07, 6.45) is -4.53. The fraction of sp³-hybridized carbons (Fsp3) is 0.346. The van der Waals surface area contributed by atoms with E-state index < -0.39 is 23.7 Å². The van der Waals surface area contributed by atoms with Crippen LogP contribution in [0.5, 0.6) is 0 Å². The maximum absolute atomic E-state index is 13.0. The summed E-state index contributed by atoms with van der Waals surface area (Å²) < 4.78 is 40.6. The molecule has 0 unspecified atom stereocenters. The lowest BCUT2D eigenvalue weighted by Crippen LogP contribution is -2.40. The molecular weight excluding hydrogens is 471 g/mol. The van der Waals surface area contributed by atoms with Crippen molar-refractivity contribution in [3.63, 3.8) is 0 Å². The Bertz CT molecular complexity index is 1240. The van der Waals surface area contributed by atoms with Crippen molar-refractivity contribution in [3.05, 3.63) is 71.4 Å². The molecule has 2 N–H and O–H groups in total. The Hall–Kier alpha value is -3.82. The minimum absolute atomic E-state index is 0.0129. The first-order valence-corrected chi connectivity index (χ1v) is 11.5. The molecule has 36 heavy (non-hydrogen) atoms. The molecule has 0 aliphatic heterocycles. The average molecular weight is 502 g/mol.